The standard InChI is InChI=1S/C23H28N2O4/c1-28-20-9-8-19(15-21(20)29-2)24-22(26)16-23(27)25-12-10-18(11-13-25)14-17-6-4-3-5-7-17/h3-9,15,18H,10-14,16H2,1-2H3,(H,24,26). The van der Waals surface area contributed by atoms with Gasteiger partial charge in [-0.05, 0) is 42.9 Å². The van der Waals surface area contributed by atoms with Gasteiger partial charge in [-0.3, -0.25) is 9.59 Å². The molecule has 2 aromatic rings. The Hall–Kier alpha value is -3.02. The summed E-state index contributed by atoms with van der Waals surface area (Å²) >= 11 is 0. The third kappa shape index (κ3) is 5.73. The van der Waals surface area contributed by atoms with Gasteiger partial charge in [0.25, 0.3) is 0 Å². The molecule has 0 bridgehead atoms. The number of anilines is 1. The van der Waals surface area contributed by atoms with Gasteiger partial charge in [-0.2, -0.15) is 0 Å². The maximum Gasteiger partial charge on any atom is 0.233 e. The van der Waals surface area contributed by atoms with Crippen LogP contribution in [0.15, 0.2) is 48.5 Å². The van der Waals surface area contributed by atoms with Crippen molar-refractivity contribution in [2.75, 3.05) is 32.6 Å². The maximum atomic E-state index is 12.5. The number of methoxy groups -OCH3 is 2. The van der Waals surface area contributed by atoms with Crippen molar-refractivity contribution >= 4 is 17.5 Å². The molecule has 0 atom stereocenters. The monoisotopic (exact) mass is 396 g/mol. The van der Waals surface area contributed by atoms with Crippen molar-refractivity contribution in [1.29, 1.82) is 0 Å². The van der Waals surface area contributed by atoms with E-state index in [1.54, 1.807) is 30.2 Å². The molecule has 2 amide bonds. The van der Waals surface area contributed by atoms with E-state index in [1.165, 1.54) is 12.7 Å². The fourth-order valence-electron chi connectivity index (χ4n) is 3.70. The normalized spacial score (nSPS) is 14.3. The Balaban J connectivity index is 1.46. The molecule has 6 heteroatoms. The molecule has 154 valence electrons. The summed E-state index contributed by atoms with van der Waals surface area (Å²) in [7, 11) is 3.09. The second-order valence-corrected chi connectivity index (χ2v) is 7.31. The molecule has 0 saturated carbocycles. The lowest BCUT2D eigenvalue weighted by Crippen LogP contribution is -2.40. The first-order valence-electron chi connectivity index (χ1n) is 9.92. The van der Waals surface area contributed by atoms with Gasteiger partial charge in [0.1, 0.15) is 6.42 Å². The molecule has 0 aromatic heterocycles. The molecule has 1 N–H and O–H groups in total. The Morgan fingerprint density at radius 1 is 1.00 bits per heavy atom. The summed E-state index contributed by atoms with van der Waals surface area (Å²) in [5, 5.41) is 2.76. The van der Waals surface area contributed by atoms with E-state index in [4.69, 9.17) is 9.47 Å². The highest BCUT2D eigenvalue weighted by Crippen LogP contribution is 2.29. The topological polar surface area (TPSA) is 67.9 Å². The second-order valence-electron chi connectivity index (χ2n) is 7.31. The van der Waals surface area contributed by atoms with Crippen LogP contribution < -0.4 is 14.8 Å². The van der Waals surface area contributed by atoms with Crippen molar-refractivity contribution in [3.8, 4) is 11.5 Å². The fourth-order valence-corrected chi connectivity index (χ4v) is 3.70. The summed E-state index contributed by atoms with van der Waals surface area (Å²) in [6, 6.07) is 15.6. The number of benzene rings is 2. The van der Waals surface area contributed by atoms with Gasteiger partial charge in [0.15, 0.2) is 11.5 Å². The van der Waals surface area contributed by atoms with Gasteiger partial charge >= 0.3 is 0 Å². The average molecular weight is 396 g/mol. The van der Waals surface area contributed by atoms with E-state index in [0.29, 0.717) is 36.2 Å². The number of likely N-dealkylation sites (tertiary alicyclic amines) is 1. The summed E-state index contributed by atoms with van der Waals surface area (Å²) in [6.07, 6.45) is 2.83. The van der Waals surface area contributed by atoms with Gasteiger partial charge in [0.2, 0.25) is 11.8 Å². The molecule has 0 radical (unpaired) electrons. The van der Waals surface area contributed by atoms with E-state index in [0.717, 1.165) is 19.3 Å². The molecule has 29 heavy (non-hydrogen) atoms. The summed E-state index contributed by atoms with van der Waals surface area (Å²) < 4.78 is 10.4. The Morgan fingerprint density at radius 3 is 2.34 bits per heavy atom. The molecule has 3 rings (SSSR count). The van der Waals surface area contributed by atoms with Crippen molar-refractivity contribution in [3.63, 3.8) is 0 Å². The third-order valence-electron chi connectivity index (χ3n) is 5.31. The van der Waals surface area contributed by atoms with Crippen molar-refractivity contribution in [3.05, 3.63) is 54.1 Å². The average Bonchev–Trinajstić information content (AvgIpc) is 2.74. The SMILES string of the molecule is COc1ccc(NC(=O)CC(=O)N2CCC(Cc3ccccc3)CC2)cc1OC. The van der Waals surface area contributed by atoms with Crippen LogP contribution in [-0.2, 0) is 16.0 Å². The summed E-state index contributed by atoms with van der Waals surface area (Å²) in [5.41, 5.74) is 1.91. The molecule has 1 aliphatic heterocycles. The van der Waals surface area contributed by atoms with Crippen molar-refractivity contribution < 1.29 is 19.1 Å². The highest BCUT2D eigenvalue weighted by molar-refractivity contribution is 6.03. The van der Waals surface area contributed by atoms with E-state index in [-0.39, 0.29) is 18.2 Å². The molecule has 2 aromatic carbocycles. The zero-order valence-corrected chi connectivity index (χ0v) is 17.0. The number of piperidine rings is 1. The number of nitrogens with zero attached hydrogens (tertiary/aromatic N) is 1. The maximum absolute atomic E-state index is 12.5. The molecule has 6 nitrogen and oxygen atoms in total. The highest BCUT2D eigenvalue weighted by atomic mass is 16.5. The predicted octanol–water partition coefficient (Wildman–Crippen LogP) is 3.51. The van der Waals surface area contributed by atoms with E-state index < -0.39 is 0 Å². The smallest absolute Gasteiger partial charge is 0.233 e. The number of nitrogens with one attached hydrogen (secondary N) is 1. The van der Waals surface area contributed by atoms with Crippen LogP contribution in [0.2, 0.25) is 0 Å². The van der Waals surface area contributed by atoms with E-state index in [1.807, 2.05) is 6.07 Å². The highest BCUT2D eigenvalue weighted by Gasteiger charge is 2.24. The van der Waals surface area contributed by atoms with E-state index in [2.05, 4.69) is 29.6 Å². The van der Waals surface area contributed by atoms with Crippen molar-refractivity contribution in [2.45, 2.75) is 25.7 Å². The molecule has 0 unspecified atom stereocenters. The molecule has 1 fully saturated rings. The lowest BCUT2D eigenvalue weighted by Gasteiger charge is -2.32. The van der Waals surface area contributed by atoms with E-state index >= 15 is 0 Å². The first-order valence-corrected chi connectivity index (χ1v) is 9.92. The minimum atomic E-state index is -0.325. The van der Waals surface area contributed by atoms with Gasteiger partial charge in [0, 0.05) is 24.8 Å². The molecular weight excluding hydrogens is 368 g/mol. The van der Waals surface area contributed by atoms with Crippen molar-refractivity contribution in [2.24, 2.45) is 5.92 Å². The molecule has 0 spiro atoms. The molecule has 1 heterocycles. The lowest BCUT2D eigenvalue weighted by atomic mass is 9.90. The first-order chi connectivity index (χ1) is 14.1. The largest absolute Gasteiger partial charge is 0.493 e. The number of rotatable bonds is 7. The Labute approximate surface area is 171 Å². The van der Waals surface area contributed by atoms with Crippen LogP contribution in [0.25, 0.3) is 0 Å². The van der Waals surface area contributed by atoms with Crippen LogP contribution in [0.3, 0.4) is 0 Å². The van der Waals surface area contributed by atoms with Crippen LogP contribution in [0.1, 0.15) is 24.8 Å². The number of hydrogen-bond donors (Lipinski definition) is 1. The molecular formula is C23H28N2O4. The Kier molecular flexibility index (Phi) is 7.11. The lowest BCUT2D eigenvalue weighted by molar-refractivity contribution is -0.135. The zero-order valence-electron chi connectivity index (χ0n) is 17.0. The summed E-state index contributed by atoms with van der Waals surface area (Å²) in [6.45, 7) is 1.42. The number of ether oxygens (including phenoxy) is 2. The molecule has 1 saturated heterocycles. The van der Waals surface area contributed by atoms with Gasteiger partial charge < -0.3 is 19.7 Å². The minimum absolute atomic E-state index is 0.124. The van der Waals surface area contributed by atoms with Gasteiger partial charge in [0.05, 0.1) is 14.2 Å². The second kappa shape index (κ2) is 9.96. The van der Waals surface area contributed by atoms with E-state index in [9.17, 15) is 9.59 Å². The van der Waals surface area contributed by atoms with Crippen LogP contribution in [-0.4, -0.2) is 44.0 Å². The third-order valence-corrected chi connectivity index (χ3v) is 5.31. The molecule has 0 aliphatic carbocycles. The quantitative estimate of drug-likeness (QED) is 0.727. The fraction of sp³-hybridized carbons (Fsp3) is 0.391. The van der Waals surface area contributed by atoms with Gasteiger partial charge in [-0.15, -0.1) is 0 Å². The number of carbonyl (C=O) groups excluding carboxylic acids is 2. The van der Waals surface area contributed by atoms with Gasteiger partial charge in [-0.1, -0.05) is 30.3 Å². The zero-order chi connectivity index (χ0) is 20.6. The summed E-state index contributed by atoms with van der Waals surface area (Å²) in [4.78, 5) is 26.6. The Morgan fingerprint density at radius 2 is 1.69 bits per heavy atom. The van der Waals surface area contributed by atoms with Crippen LogP contribution in [0.4, 0.5) is 5.69 Å². The minimum Gasteiger partial charge on any atom is -0.493 e. The predicted molar refractivity (Wildman–Crippen MR) is 112 cm³/mol. The van der Waals surface area contributed by atoms with Crippen LogP contribution in [0, 0.1) is 5.92 Å². The van der Waals surface area contributed by atoms with Crippen LogP contribution >= 0.6 is 0 Å². The van der Waals surface area contributed by atoms with Crippen molar-refractivity contribution in [1.82, 2.24) is 4.90 Å². The first kappa shape index (κ1) is 20.7. The van der Waals surface area contributed by atoms with Gasteiger partial charge in [-0.25, -0.2) is 0 Å². The summed E-state index contributed by atoms with van der Waals surface area (Å²) in [5.74, 6) is 1.24. The number of carbonyl (C=O) groups is 2. The molecule has 1 aliphatic rings. The van der Waals surface area contributed by atoms with Crippen LogP contribution in [0.5, 0.6) is 11.5 Å². The number of hydrogen-bond acceptors (Lipinski definition) is 4. The Bertz CT molecular complexity index is 830. The number of amides is 2.